The van der Waals surface area contributed by atoms with Crippen LogP contribution in [0.2, 0.25) is 0 Å². The van der Waals surface area contributed by atoms with Crippen molar-refractivity contribution < 1.29 is 0 Å². The summed E-state index contributed by atoms with van der Waals surface area (Å²) in [7, 11) is 0. The Morgan fingerprint density at radius 3 is 2.92 bits per heavy atom. The highest BCUT2D eigenvalue weighted by Gasteiger charge is 2.14. The molecular formula is C9H10N2S2. The molecule has 0 aliphatic carbocycles. The van der Waals surface area contributed by atoms with Crippen molar-refractivity contribution in [3.05, 3.63) is 39.0 Å². The van der Waals surface area contributed by atoms with Gasteiger partial charge in [0.15, 0.2) is 0 Å². The summed E-state index contributed by atoms with van der Waals surface area (Å²) in [5, 5.41) is 7.32. The van der Waals surface area contributed by atoms with Crippen LogP contribution in [0.5, 0.6) is 0 Å². The van der Waals surface area contributed by atoms with E-state index in [0.717, 1.165) is 5.01 Å². The molecule has 0 bridgehead atoms. The number of aromatic nitrogens is 1. The van der Waals surface area contributed by atoms with E-state index in [9.17, 15) is 0 Å². The van der Waals surface area contributed by atoms with Crippen molar-refractivity contribution in [1.82, 2.24) is 4.98 Å². The monoisotopic (exact) mass is 210 g/mol. The molecule has 2 nitrogen and oxygen atoms in total. The van der Waals surface area contributed by atoms with E-state index in [1.807, 2.05) is 11.6 Å². The lowest BCUT2D eigenvalue weighted by Crippen LogP contribution is -2.12. The van der Waals surface area contributed by atoms with Crippen LogP contribution >= 0.6 is 22.7 Å². The zero-order chi connectivity index (χ0) is 9.10. The molecule has 0 aliphatic heterocycles. The molecule has 0 aliphatic rings. The van der Waals surface area contributed by atoms with Crippen LogP contribution in [0.4, 0.5) is 0 Å². The summed E-state index contributed by atoms with van der Waals surface area (Å²) in [6, 6.07) is 2.11. The van der Waals surface area contributed by atoms with Crippen molar-refractivity contribution in [1.29, 1.82) is 0 Å². The van der Waals surface area contributed by atoms with Gasteiger partial charge in [-0.3, -0.25) is 0 Å². The first-order valence-electron chi connectivity index (χ1n) is 4.03. The van der Waals surface area contributed by atoms with Crippen molar-refractivity contribution in [2.45, 2.75) is 5.92 Å². The van der Waals surface area contributed by atoms with Gasteiger partial charge in [-0.2, -0.15) is 11.3 Å². The van der Waals surface area contributed by atoms with E-state index in [4.69, 9.17) is 5.73 Å². The third-order valence-electron chi connectivity index (χ3n) is 1.93. The molecular weight excluding hydrogens is 200 g/mol. The summed E-state index contributed by atoms with van der Waals surface area (Å²) in [5.41, 5.74) is 7.01. The maximum atomic E-state index is 5.73. The number of nitrogens with two attached hydrogens (primary N) is 1. The van der Waals surface area contributed by atoms with E-state index in [1.54, 1.807) is 22.7 Å². The highest BCUT2D eigenvalue weighted by atomic mass is 32.1. The molecule has 2 aromatic rings. The standard InChI is InChI=1S/C9H10N2S2/c10-5-8(7-1-3-12-6-7)9-11-2-4-13-9/h1-4,6,8H,5,10H2. The van der Waals surface area contributed by atoms with Crippen LogP contribution < -0.4 is 5.73 Å². The highest BCUT2D eigenvalue weighted by molar-refractivity contribution is 7.09. The second-order valence-electron chi connectivity index (χ2n) is 2.72. The lowest BCUT2D eigenvalue weighted by Gasteiger charge is -2.08. The van der Waals surface area contributed by atoms with Gasteiger partial charge in [-0.1, -0.05) is 0 Å². The normalized spacial score (nSPS) is 13.0. The summed E-state index contributed by atoms with van der Waals surface area (Å²) < 4.78 is 0. The Morgan fingerprint density at radius 2 is 2.38 bits per heavy atom. The number of thiazole rings is 1. The molecule has 0 saturated carbocycles. The summed E-state index contributed by atoms with van der Waals surface area (Å²) in [4.78, 5) is 4.29. The zero-order valence-corrected chi connectivity index (χ0v) is 8.65. The molecule has 13 heavy (non-hydrogen) atoms. The summed E-state index contributed by atoms with van der Waals surface area (Å²) in [6.07, 6.45) is 1.83. The number of nitrogens with zero attached hydrogens (tertiary/aromatic N) is 1. The summed E-state index contributed by atoms with van der Waals surface area (Å²) in [6.45, 7) is 0.629. The molecule has 1 atom stereocenters. The fourth-order valence-corrected chi connectivity index (χ4v) is 2.75. The van der Waals surface area contributed by atoms with Gasteiger partial charge in [0.2, 0.25) is 0 Å². The van der Waals surface area contributed by atoms with Gasteiger partial charge in [-0.25, -0.2) is 4.98 Å². The average molecular weight is 210 g/mol. The Bertz CT molecular complexity index is 305. The minimum atomic E-state index is 0.284. The third-order valence-corrected chi connectivity index (χ3v) is 3.52. The topological polar surface area (TPSA) is 38.9 Å². The second kappa shape index (κ2) is 4.00. The van der Waals surface area contributed by atoms with Gasteiger partial charge in [0.25, 0.3) is 0 Å². The van der Waals surface area contributed by atoms with Crippen LogP contribution in [0.15, 0.2) is 28.4 Å². The number of thiophene rings is 1. The largest absolute Gasteiger partial charge is 0.329 e. The first-order chi connectivity index (χ1) is 6.42. The molecule has 0 fully saturated rings. The Morgan fingerprint density at radius 1 is 1.46 bits per heavy atom. The average Bonchev–Trinajstić information content (AvgIpc) is 2.76. The summed E-state index contributed by atoms with van der Waals surface area (Å²) >= 11 is 3.37. The molecule has 2 rings (SSSR count). The van der Waals surface area contributed by atoms with Crippen LogP contribution in [-0.2, 0) is 0 Å². The minimum absolute atomic E-state index is 0.284. The number of rotatable bonds is 3. The molecule has 4 heteroatoms. The molecule has 0 spiro atoms. The fraction of sp³-hybridized carbons (Fsp3) is 0.222. The molecule has 1 unspecified atom stereocenters. The van der Waals surface area contributed by atoms with Gasteiger partial charge in [0, 0.05) is 24.0 Å². The molecule has 0 radical (unpaired) electrons. The van der Waals surface area contributed by atoms with Gasteiger partial charge in [-0.15, -0.1) is 11.3 Å². The van der Waals surface area contributed by atoms with Gasteiger partial charge in [0.1, 0.15) is 5.01 Å². The first-order valence-corrected chi connectivity index (χ1v) is 5.85. The molecule has 2 N–H and O–H groups in total. The smallest absolute Gasteiger partial charge is 0.101 e. The Balaban J connectivity index is 2.29. The molecule has 2 heterocycles. The SMILES string of the molecule is NCC(c1ccsc1)c1nccs1. The minimum Gasteiger partial charge on any atom is -0.329 e. The Hall–Kier alpha value is -0.710. The first kappa shape index (κ1) is 8.87. The van der Waals surface area contributed by atoms with Crippen molar-refractivity contribution in [3.63, 3.8) is 0 Å². The van der Waals surface area contributed by atoms with E-state index >= 15 is 0 Å². The van der Waals surface area contributed by atoms with Gasteiger partial charge < -0.3 is 5.73 Å². The number of hydrogen-bond acceptors (Lipinski definition) is 4. The second-order valence-corrected chi connectivity index (χ2v) is 4.42. The van der Waals surface area contributed by atoms with Gasteiger partial charge in [0.05, 0.1) is 0 Å². The Labute approximate surface area is 85.1 Å². The summed E-state index contributed by atoms with van der Waals surface area (Å²) in [5.74, 6) is 0.284. The maximum Gasteiger partial charge on any atom is 0.101 e. The van der Waals surface area contributed by atoms with Crippen LogP contribution in [0, 0.1) is 0 Å². The van der Waals surface area contributed by atoms with Crippen molar-refractivity contribution in [2.24, 2.45) is 5.73 Å². The number of hydrogen-bond donors (Lipinski definition) is 1. The van der Waals surface area contributed by atoms with E-state index in [0.29, 0.717) is 6.54 Å². The van der Waals surface area contributed by atoms with E-state index in [2.05, 4.69) is 21.8 Å². The lowest BCUT2D eigenvalue weighted by molar-refractivity contribution is 0.813. The predicted molar refractivity (Wildman–Crippen MR) is 57.3 cm³/mol. The van der Waals surface area contributed by atoms with Crippen molar-refractivity contribution in [2.75, 3.05) is 6.54 Å². The van der Waals surface area contributed by atoms with Crippen molar-refractivity contribution >= 4 is 22.7 Å². The fourth-order valence-electron chi connectivity index (χ4n) is 1.26. The van der Waals surface area contributed by atoms with Gasteiger partial charge >= 0.3 is 0 Å². The molecule has 0 aromatic carbocycles. The highest BCUT2D eigenvalue weighted by Crippen LogP contribution is 2.26. The van der Waals surface area contributed by atoms with Crippen LogP contribution in [0.3, 0.4) is 0 Å². The van der Waals surface area contributed by atoms with E-state index in [-0.39, 0.29) is 5.92 Å². The van der Waals surface area contributed by atoms with Crippen LogP contribution in [-0.4, -0.2) is 11.5 Å². The molecule has 2 aromatic heterocycles. The van der Waals surface area contributed by atoms with E-state index in [1.165, 1.54) is 5.56 Å². The molecule has 68 valence electrons. The van der Waals surface area contributed by atoms with Crippen molar-refractivity contribution in [3.8, 4) is 0 Å². The zero-order valence-electron chi connectivity index (χ0n) is 7.01. The predicted octanol–water partition coefficient (Wildman–Crippen LogP) is 2.30. The van der Waals surface area contributed by atoms with E-state index < -0.39 is 0 Å². The molecule has 0 saturated heterocycles. The lowest BCUT2D eigenvalue weighted by atomic mass is 10.0. The Kier molecular flexibility index (Phi) is 2.73. The maximum absolute atomic E-state index is 5.73. The van der Waals surface area contributed by atoms with Crippen LogP contribution in [0.1, 0.15) is 16.5 Å². The van der Waals surface area contributed by atoms with Gasteiger partial charge in [-0.05, 0) is 22.4 Å². The molecule has 0 amide bonds. The van der Waals surface area contributed by atoms with Crippen LogP contribution in [0.25, 0.3) is 0 Å². The quantitative estimate of drug-likeness (QED) is 0.844. The third kappa shape index (κ3) is 1.80.